The second-order valence-corrected chi connectivity index (χ2v) is 2.97. The molecule has 1 aromatic carbocycles. The molecule has 0 spiro atoms. The maximum atomic E-state index is 5.45. The molecular formula is C11H11N2O. The van der Waals surface area contributed by atoms with E-state index in [1.54, 1.807) is 17.3 Å². The van der Waals surface area contributed by atoms with Gasteiger partial charge in [-0.2, -0.15) is 4.73 Å². The van der Waals surface area contributed by atoms with Gasteiger partial charge in [-0.05, 0) is 12.5 Å². The predicted octanol–water partition coefficient (Wildman–Crippen LogP) is 1.69. The number of hydrogen-bond donors (Lipinski definition) is 0. The van der Waals surface area contributed by atoms with E-state index in [0.29, 0.717) is 6.61 Å². The summed E-state index contributed by atoms with van der Waals surface area (Å²) in [4.78, 5) is 9.36. The minimum atomic E-state index is 0.527. The van der Waals surface area contributed by atoms with Crippen LogP contribution in [0.5, 0.6) is 0 Å². The van der Waals surface area contributed by atoms with Gasteiger partial charge < -0.3 is 4.84 Å². The van der Waals surface area contributed by atoms with E-state index in [2.05, 4.69) is 11.9 Å². The molecule has 1 aromatic heterocycles. The Hall–Kier alpha value is -1.77. The Labute approximate surface area is 82.9 Å². The summed E-state index contributed by atoms with van der Waals surface area (Å²) in [6, 6.07) is 9.97. The smallest absolute Gasteiger partial charge is 0.140 e. The average molecular weight is 187 g/mol. The van der Waals surface area contributed by atoms with E-state index in [1.165, 1.54) is 0 Å². The summed E-state index contributed by atoms with van der Waals surface area (Å²) in [5.74, 6) is 0. The van der Waals surface area contributed by atoms with Crippen LogP contribution in [0.4, 0.5) is 0 Å². The van der Waals surface area contributed by atoms with Crippen LogP contribution < -0.4 is 4.84 Å². The van der Waals surface area contributed by atoms with Crippen molar-refractivity contribution in [2.45, 2.75) is 6.61 Å². The summed E-state index contributed by atoms with van der Waals surface area (Å²) in [6.45, 7) is 4.30. The number of rotatable bonds is 3. The van der Waals surface area contributed by atoms with Gasteiger partial charge in [-0.1, -0.05) is 30.3 Å². The maximum Gasteiger partial charge on any atom is 0.140 e. The Morgan fingerprint density at radius 1 is 1.29 bits per heavy atom. The van der Waals surface area contributed by atoms with E-state index in [9.17, 15) is 0 Å². The van der Waals surface area contributed by atoms with Gasteiger partial charge in [-0.25, -0.2) is 4.98 Å². The van der Waals surface area contributed by atoms with Gasteiger partial charge in [0.2, 0.25) is 0 Å². The van der Waals surface area contributed by atoms with Gasteiger partial charge in [0.05, 0.1) is 11.9 Å². The summed E-state index contributed by atoms with van der Waals surface area (Å²) in [5, 5.41) is 0. The monoisotopic (exact) mass is 187 g/mol. The second kappa shape index (κ2) is 3.96. The van der Waals surface area contributed by atoms with E-state index in [-0.39, 0.29) is 0 Å². The lowest BCUT2D eigenvalue weighted by molar-refractivity contribution is 0.0944. The van der Waals surface area contributed by atoms with Crippen molar-refractivity contribution in [1.29, 1.82) is 0 Å². The Balaban J connectivity index is 1.99. The zero-order valence-corrected chi connectivity index (χ0v) is 7.76. The van der Waals surface area contributed by atoms with Crippen LogP contribution in [0, 0.1) is 6.92 Å². The van der Waals surface area contributed by atoms with Crippen molar-refractivity contribution in [2.24, 2.45) is 0 Å². The van der Waals surface area contributed by atoms with Crippen LogP contribution in [0.2, 0.25) is 0 Å². The molecule has 0 saturated heterocycles. The molecule has 2 aromatic rings. The Morgan fingerprint density at radius 2 is 2.07 bits per heavy atom. The third kappa shape index (κ3) is 1.93. The van der Waals surface area contributed by atoms with Gasteiger partial charge in [-0.3, -0.25) is 0 Å². The molecule has 71 valence electrons. The molecule has 0 atom stereocenters. The lowest BCUT2D eigenvalue weighted by atomic mass is 10.2. The topological polar surface area (TPSA) is 27.1 Å². The van der Waals surface area contributed by atoms with Gasteiger partial charge in [0.15, 0.2) is 0 Å². The number of nitrogens with zero attached hydrogens (tertiary/aromatic N) is 2. The van der Waals surface area contributed by atoms with Crippen molar-refractivity contribution >= 4 is 0 Å². The summed E-state index contributed by atoms with van der Waals surface area (Å²) in [6.07, 6.45) is 3.26. The molecule has 0 aliphatic heterocycles. The standard InChI is InChI=1S/C11H11N2O/c1-10-7-12-9-13(10)14-8-11-5-3-2-4-6-11/h2-7,9H,1,8H2. The third-order valence-electron chi connectivity index (χ3n) is 1.89. The number of hydrogen-bond acceptors (Lipinski definition) is 2. The molecule has 3 nitrogen and oxygen atoms in total. The highest BCUT2D eigenvalue weighted by Crippen LogP contribution is 2.00. The first-order chi connectivity index (χ1) is 6.86. The fourth-order valence-electron chi connectivity index (χ4n) is 1.15. The minimum absolute atomic E-state index is 0.527. The molecule has 1 heterocycles. The molecule has 0 N–H and O–H groups in total. The average Bonchev–Trinajstić information content (AvgIpc) is 2.63. The highest BCUT2D eigenvalue weighted by Gasteiger charge is 1.96. The predicted molar refractivity (Wildman–Crippen MR) is 53.4 cm³/mol. The first kappa shape index (κ1) is 8.81. The molecule has 0 aliphatic carbocycles. The summed E-state index contributed by atoms with van der Waals surface area (Å²) in [5.41, 5.74) is 1.88. The Morgan fingerprint density at radius 3 is 2.71 bits per heavy atom. The zero-order chi connectivity index (χ0) is 9.80. The molecular weight excluding hydrogens is 176 g/mol. The van der Waals surface area contributed by atoms with E-state index >= 15 is 0 Å². The highest BCUT2D eigenvalue weighted by atomic mass is 16.7. The van der Waals surface area contributed by atoms with Gasteiger partial charge >= 0.3 is 0 Å². The van der Waals surface area contributed by atoms with Crippen LogP contribution in [0.3, 0.4) is 0 Å². The first-order valence-electron chi connectivity index (χ1n) is 4.38. The van der Waals surface area contributed by atoms with Crippen LogP contribution >= 0.6 is 0 Å². The number of aromatic nitrogens is 2. The van der Waals surface area contributed by atoms with Crippen LogP contribution in [-0.2, 0) is 6.61 Å². The molecule has 14 heavy (non-hydrogen) atoms. The minimum Gasteiger partial charge on any atom is -0.408 e. The molecule has 0 saturated carbocycles. The zero-order valence-electron chi connectivity index (χ0n) is 7.76. The highest BCUT2D eigenvalue weighted by molar-refractivity contribution is 5.13. The maximum absolute atomic E-state index is 5.45. The van der Waals surface area contributed by atoms with E-state index < -0.39 is 0 Å². The van der Waals surface area contributed by atoms with Gasteiger partial charge in [0.1, 0.15) is 12.9 Å². The fourth-order valence-corrected chi connectivity index (χ4v) is 1.15. The first-order valence-corrected chi connectivity index (χ1v) is 4.38. The number of benzene rings is 1. The van der Waals surface area contributed by atoms with E-state index in [0.717, 1.165) is 11.3 Å². The van der Waals surface area contributed by atoms with E-state index in [1.807, 2.05) is 30.3 Å². The number of imidazole rings is 1. The van der Waals surface area contributed by atoms with Crippen LogP contribution in [-0.4, -0.2) is 9.71 Å². The summed E-state index contributed by atoms with van der Waals surface area (Å²) in [7, 11) is 0. The summed E-state index contributed by atoms with van der Waals surface area (Å²) < 4.78 is 1.56. The lowest BCUT2D eigenvalue weighted by Crippen LogP contribution is -2.11. The van der Waals surface area contributed by atoms with Crippen molar-refractivity contribution in [2.75, 3.05) is 0 Å². The van der Waals surface area contributed by atoms with Crippen molar-refractivity contribution in [3.63, 3.8) is 0 Å². The molecule has 2 rings (SSSR count). The normalized spacial score (nSPS) is 10.1. The van der Waals surface area contributed by atoms with Crippen molar-refractivity contribution in [3.8, 4) is 0 Å². The lowest BCUT2D eigenvalue weighted by Gasteiger charge is -2.07. The largest absolute Gasteiger partial charge is 0.408 e. The molecule has 1 radical (unpaired) electrons. The van der Waals surface area contributed by atoms with Gasteiger partial charge in [-0.15, -0.1) is 0 Å². The second-order valence-electron chi connectivity index (χ2n) is 2.97. The Bertz CT molecular complexity index is 395. The quantitative estimate of drug-likeness (QED) is 0.731. The third-order valence-corrected chi connectivity index (χ3v) is 1.89. The summed E-state index contributed by atoms with van der Waals surface area (Å²) >= 11 is 0. The van der Waals surface area contributed by atoms with Crippen LogP contribution in [0.1, 0.15) is 11.3 Å². The molecule has 0 fully saturated rings. The SMILES string of the molecule is [CH2]c1cncn1OCc1ccccc1. The van der Waals surface area contributed by atoms with Crippen molar-refractivity contribution in [1.82, 2.24) is 9.71 Å². The van der Waals surface area contributed by atoms with E-state index in [4.69, 9.17) is 4.84 Å². The fraction of sp³-hybridized carbons (Fsp3) is 0.0909. The van der Waals surface area contributed by atoms with Crippen molar-refractivity contribution in [3.05, 3.63) is 61.0 Å². The van der Waals surface area contributed by atoms with Crippen LogP contribution in [0.25, 0.3) is 0 Å². The van der Waals surface area contributed by atoms with Crippen molar-refractivity contribution < 1.29 is 4.84 Å². The van der Waals surface area contributed by atoms with Crippen LogP contribution in [0.15, 0.2) is 42.9 Å². The molecule has 0 unspecified atom stereocenters. The molecule has 0 aliphatic rings. The Kier molecular flexibility index (Phi) is 2.49. The van der Waals surface area contributed by atoms with Gasteiger partial charge in [0, 0.05) is 0 Å². The van der Waals surface area contributed by atoms with Gasteiger partial charge in [0.25, 0.3) is 0 Å². The molecule has 0 bridgehead atoms. The molecule has 3 heteroatoms. The molecule has 0 amide bonds.